The molecule has 108 valence electrons. The molecule has 0 atom stereocenters. The standard InChI is InChI=1S/C15H9ClF3NO/c16-8-10-1-4-12(5-2-10)21-14-6-3-11(9-20)7-13(14)15(17,18)19/h1-7H,8H2. The van der Waals surface area contributed by atoms with E-state index >= 15 is 0 Å². The number of hydrogen-bond acceptors (Lipinski definition) is 2. The Labute approximate surface area is 124 Å². The van der Waals surface area contributed by atoms with Crippen molar-refractivity contribution in [2.45, 2.75) is 12.1 Å². The number of alkyl halides is 4. The van der Waals surface area contributed by atoms with E-state index in [0.29, 0.717) is 5.88 Å². The van der Waals surface area contributed by atoms with Crippen molar-refractivity contribution in [2.75, 3.05) is 0 Å². The van der Waals surface area contributed by atoms with Gasteiger partial charge in [0, 0.05) is 5.88 Å². The van der Waals surface area contributed by atoms with Crippen LogP contribution in [0.1, 0.15) is 16.7 Å². The van der Waals surface area contributed by atoms with Crippen LogP contribution in [0, 0.1) is 11.3 Å². The molecule has 0 unspecified atom stereocenters. The van der Waals surface area contributed by atoms with E-state index in [9.17, 15) is 13.2 Å². The quantitative estimate of drug-likeness (QED) is 0.738. The van der Waals surface area contributed by atoms with Crippen molar-refractivity contribution in [3.8, 4) is 17.6 Å². The third-order valence-electron chi connectivity index (χ3n) is 2.72. The molecule has 0 spiro atoms. The molecule has 0 aliphatic heterocycles. The van der Waals surface area contributed by atoms with E-state index in [0.717, 1.165) is 17.7 Å². The topological polar surface area (TPSA) is 33.0 Å². The molecule has 0 saturated carbocycles. The zero-order valence-corrected chi connectivity index (χ0v) is 11.4. The monoisotopic (exact) mass is 311 g/mol. The van der Waals surface area contributed by atoms with Gasteiger partial charge in [0.25, 0.3) is 0 Å². The molecule has 2 nitrogen and oxygen atoms in total. The second-order valence-corrected chi connectivity index (χ2v) is 4.47. The Bertz CT molecular complexity index is 675. The summed E-state index contributed by atoms with van der Waals surface area (Å²) in [7, 11) is 0. The van der Waals surface area contributed by atoms with E-state index < -0.39 is 11.7 Å². The minimum absolute atomic E-state index is 0.0767. The summed E-state index contributed by atoms with van der Waals surface area (Å²) in [5, 5.41) is 8.70. The van der Waals surface area contributed by atoms with Gasteiger partial charge in [-0.3, -0.25) is 0 Å². The van der Waals surface area contributed by atoms with Crippen LogP contribution in [0.5, 0.6) is 11.5 Å². The van der Waals surface area contributed by atoms with Crippen LogP contribution in [0.3, 0.4) is 0 Å². The van der Waals surface area contributed by atoms with Gasteiger partial charge in [0.2, 0.25) is 0 Å². The lowest BCUT2D eigenvalue weighted by Crippen LogP contribution is -2.07. The Morgan fingerprint density at radius 3 is 2.29 bits per heavy atom. The zero-order valence-electron chi connectivity index (χ0n) is 10.6. The van der Waals surface area contributed by atoms with Gasteiger partial charge in [-0.2, -0.15) is 18.4 Å². The number of hydrogen-bond donors (Lipinski definition) is 0. The molecule has 2 rings (SSSR count). The van der Waals surface area contributed by atoms with Gasteiger partial charge in [-0.05, 0) is 35.9 Å². The smallest absolute Gasteiger partial charge is 0.420 e. The molecule has 0 saturated heterocycles. The van der Waals surface area contributed by atoms with Crippen LogP contribution in [0.25, 0.3) is 0 Å². The summed E-state index contributed by atoms with van der Waals surface area (Å²) in [5.74, 6) is 0.226. The van der Waals surface area contributed by atoms with Crippen LogP contribution >= 0.6 is 11.6 Å². The van der Waals surface area contributed by atoms with E-state index in [1.165, 1.54) is 18.2 Å². The fraction of sp³-hybridized carbons (Fsp3) is 0.133. The summed E-state index contributed by atoms with van der Waals surface area (Å²) >= 11 is 5.64. The highest BCUT2D eigenvalue weighted by molar-refractivity contribution is 6.17. The van der Waals surface area contributed by atoms with Crippen LogP contribution in [0.15, 0.2) is 42.5 Å². The fourth-order valence-electron chi connectivity index (χ4n) is 1.68. The van der Waals surface area contributed by atoms with E-state index in [4.69, 9.17) is 21.6 Å². The van der Waals surface area contributed by atoms with E-state index in [-0.39, 0.29) is 17.1 Å². The normalized spacial score (nSPS) is 11.0. The Kier molecular flexibility index (Phi) is 4.39. The maximum atomic E-state index is 13.0. The number of nitriles is 1. The van der Waals surface area contributed by atoms with Crippen molar-refractivity contribution in [2.24, 2.45) is 0 Å². The fourth-order valence-corrected chi connectivity index (χ4v) is 1.86. The maximum Gasteiger partial charge on any atom is 0.420 e. The number of benzene rings is 2. The molecule has 21 heavy (non-hydrogen) atoms. The molecule has 0 fully saturated rings. The highest BCUT2D eigenvalue weighted by Gasteiger charge is 2.35. The highest BCUT2D eigenvalue weighted by Crippen LogP contribution is 2.38. The second-order valence-electron chi connectivity index (χ2n) is 4.20. The van der Waals surface area contributed by atoms with E-state index in [2.05, 4.69) is 0 Å². The summed E-state index contributed by atoms with van der Waals surface area (Å²) in [4.78, 5) is 0. The summed E-state index contributed by atoms with van der Waals surface area (Å²) in [5.41, 5.74) is -0.227. The summed E-state index contributed by atoms with van der Waals surface area (Å²) in [6, 6.07) is 11.3. The average molecular weight is 312 g/mol. The molecular formula is C15H9ClF3NO. The predicted molar refractivity (Wildman–Crippen MR) is 72.2 cm³/mol. The first-order valence-electron chi connectivity index (χ1n) is 5.88. The lowest BCUT2D eigenvalue weighted by Gasteiger charge is -2.14. The number of ether oxygens (including phenoxy) is 1. The van der Waals surface area contributed by atoms with Gasteiger partial charge >= 0.3 is 6.18 Å². The van der Waals surface area contributed by atoms with Gasteiger partial charge < -0.3 is 4.74 Å². The first kappa shape index (κ1) is 15.2. The van der Waals surface area contributed by atoms with Crippen molar-refractivity contribution in [1.29, 1.82) is 5.26 Å². The van der Waals surface area contributed by atoms with Crippen LogP contribution in [0.4, 0.5) is 13.2 Å². The average Bonchev–Trinajstić information content (AvgIpc) is 2.47. The van der Waals surface area contributed by atoms with Crippen molar-refractivity contribution in [3.05, 3.63) is 59.2 Å². The van der Waals surface area contributed by atoms with Crippen molar-refractivity contribution in [1.82, 2.24) is 0 Å². The Morgan fingerprint density at radius 1 is 1.10 bits per heavy atom. The highest BCUT2D eigenvalue weighted by atomic mass is 35.5. The first-order valence-corrected chi connectivity index (χ1v) is 6.41. The minimum Gasteiger partial charge on any atom is -0.457 e. The summed E-state index contributed by atoms with van der Waals surface area (Å²) in [6.07, 6.45) is -4.60. The summed E-state index contributed by atoms with van der Waals surface area (Å²) in [6.45, 7) is 0. The first-order chi connectivity index (χ1) is 9.94. The van der Waals surface area contributed by atoms with E-state index in [1.807, 2.05) is 0 Å². The lowest BCUT2D eigenvalue weighted by atomic mass is 10.1. The lowest BCUT2D eigenvalue weighted by molar-refractivity contribution is -0.138. The van der Waals surface area contributed by atoms with Gasteiger partial charge in [0.15, 0.2) is 0 Å². The largest absolute Gasteiger partial charge is 0.457 e. The molecule has 0 N–H and O–H groups in total. The Morgan fingerprint density at radius 2 is 1.76 bits per heavy atom. The molecule has 6 heteroatoms. The number of nitrogens with zero attached hydrogens (tertiary/aromatic N) is 1. The van der Waals surface area contributed by atoms with E-state index in [1.54, 1.807) is 18.2 Å². The van der Waals surface area contributed by atoms with Crippen LogP contribution in [-0.4, -0.2) is 0 Å². The van der Waals surface area contributed by atoms with Crippen LogP contribution < -0.4 is 4.74 Å². The molecule has 0 aliphatic carbocycles. The molecule has 0 aromatic heterocycles. The minimum atomic E-state index is -4.60. The predicted octanol–water partition coefficient (Wildman–Crippen LogP) is 5.11. The van der Waals surface area contributed by atoms with Crippen molar-refractivity contribution in [3.63, 3.8) is 0 Å². The third kappa shape index (κ3) is 3.67. The van der Waals surface area contributed by atoms with Gasteiger partial charge in [-0.1, -0.05) is 12.1 Å². The van der Waals surface area contributed by atoms with Crippen molar-refractivity contribution >= 4 is 11.6 Å². The van der Waals surface area contributed by atoms with Gasteiger partial charge in [0.1, 0.15) is 11.5 Å². The third-order valence-corrected chi connectivity index (χ3v) is 3.03. The van der Waals surface area contributed by atoms with Crippen molar-refractivity contribution < 1.29 is 17.9 Å². The Hall–Kier alpha value is -2.19. The Balaban J connectivity index is 2.36. The van der Waals surface area contributed by atoms with Gasteiger partial charge in [-0.15, -0.1) is 11.6 Å². The van der Waals surface area contributed by atoms with Gasteiger partial charge in [0.05, 0.1) is 17.2 Å². The summed E-state index contributed by atoms with van der Waals surface area (Å²) < 4.78 is 44.2. The molecule has 0 bridgehead atoms. The molecule has 0 heterocycles. The zero-order chi connectivity index (χ0) is 15.5. The van der Waals surface area contributed by atoms with Crippen LogP contribution in [0.2, 0.25) is 0 Å². The van der Waals surface area contributed by atoms with Gasteiger partial charge in [-0.25, -0.2) is 0 Å². The van der Waals surface area contributed by atoms with Crippen LogP contribution in [-0.2, 0) is 12.1 Å². The molecular weight excluding hydrogens is 303 g/mol. The number of rotatable bonds is 3. The molecule has 0 amide bonds. The SMILES string of the molecule is N#Cc1ccc(Oc2ccc(CCl)cc2)c(C(F)(F)F)c1. The molecule has 0 aliphatic rings. The molecule has 2 aromatic rings. The maximum absolute atomic E-state index is 13.0. The molecule has 0 radical (unpaired) electrons. The molecule has 2 aromatic carbocycles. The second kappa shape index (κ2) is 6.06. The number of halogens is 4.